The van der Waals surface area contributed by atoms with Gasteiger partial charge in [-0.1, -0.05) is 41.5 Å². The van der Waals surface area contributed by atoms with E-state index in [1.165, 1.54) is 0 Å². The first-order valence-corrected chi connectivity index (χ1v) is 3.71. The number of rotatable bonds is 0. The molecule has 0 rings (SSSR count). The van der Waals surface area contributed by atoms with Crippen LogP contribution in [0, 0.1) is 24.7 Å². The predicted octanol–water partition coefficient (Wildman–Crippen LogP) is 3.73. The minimum absolute atomic E-state index is 0. The maximum atomic E-state index is 3.77. The van der Waals surface area contributed by atoms with Gasteiger partial charge in [0.2, 0.25) is 0 Å². The fraction of sp³-hybridized carbons (Fsp3) is 0.800. The third-order valence-corrected chi connectivity index (χ3v) is 0. The molecule has 0 aliphatic carbocycles. The number of hydrogen-bond donors (Lipinski definition) is 0. The molecule has 0 aliphatic heterocycles. The van der Waals surface area contributed by atoms with E-state index in [-0.39, 0.29) is 43.5 Å². The second-order valence-corrected chi connectivity index (χ2v) is 5.12. The molecule has 0 saturated heterocycles. The second kappa shape index (κ2) is 6.60. The van der Waals surface area contributed by atoms with Crippen molar-refractivity contribution < 1.29 is 32.7 Å². The van der Waals surface area contributed by atoms with E-state index < -0.39 is 0 Å². The zero-order chi connectivity index (χ0) is 9.00. The van der Waals surface area contributed by atoms with Gasteiger partial charge in [0.25, 0.3) is 0 Å². The SMILES string of the molecule is [CH2-]C(C)(C)C.[CH2-]C(C)(C)C.[Y]. The molecule has 0 aromatic rings. The van der Waals surface area contributed by atoms with Gasteiger partial charge in [-0.05, 0) is 0 Å². The molecule has 0 bridgehead atoms. The van der Waals surface area contributed by atoms with Gasteiger partial charge in [0.15, 0.2) is 0 Å². The van der Waals surface area contributed by atoms with Crippen molar-refractivity contribution >= 4 is 0 Å². The predicted molar refractivity (Wildman–Crippen MR) is 49.6 cm³/mol. The third kappa shape index (κ3) is 755. The van der Waals surface area contributed by atoms with E-state index in [4.69, 9.17) is 0 Å². The van der Waals surface area contributed by atoms with Gasteiger partial charge in [-0.3, -0.25) is 0 Å². The van der Waals surface area contributed by atoms with E-state index in [0.717, 1.165) is 0 Å². The van der Waals surface area contributed by atoms with Crippen LogP contribution in [0.25, 0.3) is 0 Å². The Labute approximate surface area is 98.4 Å². The van der Waals surface area contributed by atoms with Crippen LogP contribution in [-0.2, 0) is 32.7 Å². The minimum Gasteiger partial charge on any atom is -0.338 e. The van der Waals surface area contributed by atoms with Crippen LogP contribution in [0.15, 0.2) is 0 Å². The van der Waals surface area contributed by atoms with Crippen molar-refractivity contribution in [1.82, 2.24) is 0 Å². The summed E-state index contributed by atoms with van der Waals surface area (Å²) in [6, 6.07) is 0. The standard InChI is InChI=1S/2C5H11.Y/c2*1-5(2,3)4;/h2*1H2,2-4H3;/q2*-1;. The molecule has 0 amide bonds. The van der Waals surface area contributed by atoms with Crippen molar-refractivity contribution in [2.24, 2.45) is 10.8 Å². The quantitative estimate of drug-likeness (QED) is 0.557. The molecule has 0 aliphatic rings. The van der Waals surface area contributed by atoms with Crippen LogP contribution in [0.2, 0.25) is 0 Å². The van der Waals surface area contributed by atoms with Crippen LogP contribution in [0.3, 0.4) is 0 Å². The molecule has 0 aromatic carbocycles. The maximum Gasteiger partial charge on any atom is 0 e. The Kier molecular flexibility index (Phi) is 10.8. The molecule has 0 saturated carbocycles. The van der Waals surface area contributed by atoms with Gasteiger partial charge in [-0.25, -0.2) is 0 Å². The molecule has 67 valence electrons. The Balaban J connectivity index is -0.000000107. The smallest absolute Gasteiger partial charge is 0 e. The van der Waals surface area contributed by atoms with E-state index in [1.54, 1.807) is 0 Å². The Morgan fingerprint density at radius 1 is 0.636 bits per heavy atom. The molecule has 0 spiro atoms. The summed E-state index contributed by atoms with van der Waals surface area (Å²) in [5.41, 5.74) is 0.500. The topological polar surface area (TPSA) is 0 Å². The summed E-state index contributed by atoms with van der Waals surface area (Å²) in [6.07, 6.45) is 0. The van der Waals surface area contributed by atoms with Crippen LogP contribution >= 0.6 is 0 Å². The van der Waals surface area contributed by atoms with E-state index in [2.05, 4.69) is 55.4 Å². The normalized spacial score (nSPS) is 10.9. The molecule has 0 nitrogen and oxygen atoms in total. The first kappa shape index (κ1) is 18.0. The van der Waals surface area contributed by atoms with Gasteiger partial charge >= 0.3 is 0 Å². The molecule has 1 radical (unpaired) electrons. The minimum atomic E-state index is 0. The molecular weight excluding hydrogens is 209 g/mol. The Bertz CT molecular complexity index is 47.9. The van der Waals surface area contributed by atoms with E-state index >= 15 is 0 Å². The van der Waals surface area contributed by atoms with Crippen LogP contribution in [0.4, 0.5) is 0 Å². The summed E-state index contributed by atoms with van der Waals surface area (Å²) < 4.78 is 0. The molecule has 0 aromatic heterocycles. The summed E-state index contributed by atoms with van der Waals surface area (Å²) in [6.45, 7) is 20.0. The second-order valence-electron chi connectivity index (χ2n) is 5.12. The summed E-state index contributed by atoms with van der Waals surface area (Å²) in [4.78, 5) is 0. The molecule has 0 N–H and O–H groups in total. The molecule has 0 atom stereocenters. The van der Waals surface area contributed by atoms with Gasteiger partial charge in [-0.15, -0.1) is 0 Å². The first-order valence-electron chi connectivity index (χ1n) is 3.71. The fourth-order valence-electron chi connectivity index (χ4n) is 0. The average molecular weight is 231 g/mol. The third-order valence-electron chi connectivity index (χ3n) is 0. The fourth-order valence-corrected chi connectivity index (χ4v) is 0. The molecule has 1 heteroatoms. The van der Waals surface area contributed by atoms with Crippen LogP contribution in [0.1, 0.15) is 41.5 Å². The van der Waals surface area contributed by atoms with E-state index in [0.29, 0.717) is 0 Å². The van der Waals surface area contributed by atoms with Crippen LogP contribution < -0.4 is 0 Å². The van der Waals surface area contributed by atoms with Crippen molar-refractivity contribution in [3.05, 3.63) is 13.8 Å². The van der Waals surface area contributed by atoms with Crippen molar-refractivity contribution in [2.75, 3.05) is 0 Å². The van der Waals surface area contributed by atoms with Crippen molar-refractivity contribution in [2.45, 2.75) is 41.5 Å². The van der Waals surface area contributed by atoms with Gasteiger partial charge in [0, 0.05) is 32.7 Å². The Morgan fingerprint density at radius 3 is 0.636 bits per heavy atom. The van der Waals surface area contributed by atoms with Crippen LogP contribution in [0.5, 0.6) is 0 Å². The summed E-state index contributed by atoms with van der Waals surface area (Å²) >= 11 is 0. The zero-order valence-electron chi connectivity index (χ0n) is 8.99. The van der Waals surface area contributed by atoms with Crippen LogP contribution in [-0.4, -0.2) is 0 Å². The van der Waals surface area contributed by atoms with Gasteiger partial charge < -0.3 is 13.8 Å². The van der Waals surface area contributed by atoms with Gasteiger partial charge in [0.05, 0.1) is 0 Å². The van der Waals surface area contributed by atoms with Gasteiger partial charge in [0.1, 0.15) is 0 Å². The van der Waals surface area contributed by atoms with E-state index in [9.17, 15) is 0 Å². The summed E-state index contributed by atoms with van der Waals surface area (Å²) in [5.74, 6) is 0. The summed E-state index contributed by atoms with van der Waals surface area (Å²) in [5, 5.41) is 0. The Morgan fingerprint density at radius 2 is 0.636 bits per heavy atom. The molecule has 0 fully saturated rings. The molecule has 0 heterocycles. The molecule has 11 heavy (non-hydrogen) atoms. The van der Waals surface area contributed by atoms with Crippen molar-refractivity contribution in [3.63, 3.8) is 0 Å². The zero-order valence-corrected chi connectivity index (χ0v) is 11.8. The first-order chi connectivity index (χ1) is 4.00. The summed E-state index contributed by atoms with van der Waals surface area (Å²) in [7, 11) is 0. The monoisotopic (exact) mass is 231 g/mol. The van der Waals surface area contributed by atoms with Crippen molar-refractivity contribution in [3.8, 4) is 0 Å². The van der Waals surface area contributed by atoms with E-state index in [1.807, 2.05) is 0 Å². The largest absolute Gasteiger partial charge is 0.338 e. The molecular formula is C10H22Y-2. The Hall–Kier alpha value is 1.10. The maximum absolute atomic E-state index is 3.77. The van der Waals surface area contributed by atoms with Crippen molar-refractivity contribution in [1.29, 1.82) is 0 Å². The van der Waals surface area contributed by atoms with Gasteiger partial charge in [-0.2, -0.15) is 10.8 Å². The average Bonchev–Trinajstić information content (AvgIpc) is 1.12. The molecule has 0 unspecified atom stereocenters. The number of hydrogen-bond acceptors (Lipinski definition) is 0.